The van der Waals surface area contributed by atoms with E-state index in [2.05, 4.69) is 12.1 Å². The van der Waals surface area contributed by atoms with Gasteiger partial charge in [0.2, 0.25) is 5.91 Å². The van der Waals surface area contributed by atoms with Gasteiger partial charge in [-0.2, -0.15) is 0 Å². The Hall–Kier alpha value is -2.13. The molecule has 0 atom stereocenters. The first kappa shape index (κ1) is 16.2. The van der Waals surface area contributed by atoms with Gasteiger partial charge in [-0.05, 0) is 24.5 Å². The van der Waals surface area contributed by atoms with E-state index in [0.29, 0.717) is 13.2 Å². The SMILES string of the molecule is CCN(CCc1ccccc1)C(=O)COCc1ccccc1. The van der Waals surface area contributed by atoms with Gasteiger partial charge in [0.05, 0.1) is 6.61 Å². The highest BCUT2D eigenvalue weighted by Gasteiger charge is 2.11. The fourth-order valence-electron chi connectivity index (χ4n) is 2.29. The number of hydrogen-bond donors (Lipinski definition) is 0. The van der Waals surface area contributed by atoms with Crippen molar-refractivity contribution in [2.75, 3.05) is 19.7 Å². The normalized spacial score (nSPS) is 10.4. The number of hydrogen-bond acceptors (Lipinski definition) is 2. The zero-order chi connectivity index (χ0) is 15.6. The maximum atomic E-state index is 12.2. The molecule has 0 aliphatic carbocycles. The molecule has 0 radical (unpaired) electrons. The van der Waals surface area contributed by atoms with Gasteiger partial charge in [0, 0.05) is 13.1 Å². The Morgan fingerprint density at radius 3 is 2.14 bits per heavy atom. The van der Waals surface area contributed by atoms with Crippen LogP contribution in [0.1, 0.15) is 18.1 Å². The third-order valence-corrected chi connectivity index (χ3v) is 3.58. The van der Waals surface area contributed by atoms with Crippen molar-refractivity contribution in [3.05, 3.63) is 71.8 Å². The second-order valence-electron chi connectivity index (χ2n) is 5.19. The van der Waals surface area contributed by atoms with E-state index in [-0.39, 0.29) is 12.5 Å². The average Bonchev–Trinajstić information content (AvgIpc) is 2.57. The van der Waals surface area contributed by atoms with Crippen LogP contribution in [0.15, 0.2) is 60.7 Å². The molecule has 0 aliphatic heterocycles. The standard InChI is InChI=1S/C19H23NO2/c1-2-20(14-13-17-9-5-3-6-10-17)19(21)16-22-15-18-11-7-4-8-12-18/h3-12H,2,13-16H2,1H3. The molecule has 0 aliphatic rings. The third kappa shape index (κ3) is 5.34. The zero-order valence-corrected chi connectivity index (χ0v) is 13.1. The van der Waals surface area contributed by atoms with Crippen molar-refractivity contribution in [3.8, 4) is 0 Å². The van der Waals surface area contributed by atoms with Crippen LogP contribution in [0, 0.1) is 0 Å². The van der Waals surface area contributed by atoms with Crippen LogP contribution in [0.4, 0.5) is 0 Å². The first-order valence-corrected chi connectivity index (χ1v) is 7.73. The second kappa shape index (κ2) is 9.00. The van der Waals surface area contributed by atoms with Crippen LogP contribution in [0.25, 0.3) is 0 Å². The van der Waals surface area contributed by atoms with E-state index in [1.807, 2.05) is 60.4 Å². The van der Waals surface area contributed by atoms with E-state index in [4.69, 9.17) is 4.74 Å². The minimum Gasteiger partial charge on any atom is -0.367 e. The topological polar surface area (TPSA) is 29.5 Å². The molecule has 0 spiro atoms. The lowest BCUT2D eigenvalue weighted by Crippen LogP contribution is -2.35. The van der Waals surface area contributed by atoms with Crippen LogP contribution in [-0.2, 0) is 22.6 Å². The number of carbonyl (C=O) groups excluding carboxylic acids is 1. The number of nitrogens with zero attached hydrogens (tertiary/aromatic N) is 1. The van der Waals surface area contributed by atoms with Gasteiger partial charge >= 0.3 is 0 Å². The minimum atomic E-state index is 0.0503. The first-order chi connectivity index (χ1) is 10.8. The lowest BCUT2D eigenvalue weighted by Gasteiger charge is -2.21. The van der Waals surface area contributed by atoms with Crippen LogP contribution in [0.3, 0.4) is 0 Å². The molecule has 2 aromatic carbocycles. The third-order valence-electron chi connectivity index (χ3n) is 3.58. The van der Waals surface area contributed by atoms with Crippen LogP contribution in [0.2, 0.25) is 0 Å². The summed E-state index contributed by atoms with van der Waals surface area (Å²) in [5.41, 5.74) is 2.33. The molecule has 0 aromatic heterocycles. The molecule has 0 saturated carbocycles. The van der Waals surface area contributed by atoms with Gasteiger partial charge in [0.25, 0.3) is 0 Å². The van der Waals surface area contributed by atoms with Crippen molar-refractivity contribution >= 4 is 5.91 Å². The summed E-state index contributed by atoms with van der Waals surface area (Å²) in [6.45, 7) is 4.05. The summed E-state index contributed by atoms with van der Waals surface area (Å²) in [6, 6.07) is 20.1. The van der Waals surface area contributed by atoms with E-state index in [9.17, 15) is 4.79 Å². The maximum Gasteiger partial charge on any atom is 0.248 e. The number of rotatable bonds is 8. The molecule has 2 rings (SSSR count). The number of ether oxygens (including phenoxy) is 1. The molecule has 0 unspecified atom stereocenters. The van der Waals surface area contributed by atoms with Crippen molar-refractivity contribution in [2.45, 2.75) is 20.0 Å². The molecule has 116 valence electrons. The van der Waals surface area contributed by atoms with Gasteiger partial charge in [0.1, 0.15) is 6.61 Å². The van der Waals surface area contributed by atoms with Crippen molar-refractivity contribution in [3.63, 3.8) is 0 Å². The molecule has 3 nitrogen and oxygen atoms in total. The van der Waals surface area contributed by atoms with Gasteiger partial charge in [-0.1, -0.05) is 60.7 Å². The Balaban J connectivity index is 1.74. The fourth-order valence-corrected chi connectivity index (χ4v) is 2.29. The lowest BCUT2D eigenvalue weighted by molar-refractivity contribution is -0.136. The van der Waals surface area contributed by atoms with Crippen LogP contribution < -0.4 is 0 Å². The monoisotopic (exact) mass is 297 g/mol. The van der Waals surface area contributed by atoms with Crippen molar-refractivity contribution in [2.24, 2.45) is 0 Å². The van der Waals surface area contributed by atoms with Crippen LogP contribution in [0.5, 0.6) is 0 Å². The molecular formula is C19H23NO2. The highest BCUT2D eigenvalue weighted by atomic mass is 16.5. The lowest BCUT2D eigenvalue weighted by atomic mass is 10.1. The molecule has 1 amide bonds. The van der Waals surface area contributed by atoms with Gasteiger partial charge < -0.3 is 9.64 Å². The zero-order valence-electron chi connectivity index (χ0n) is 13.1. The summed E-state index contributed by atoms with van der Waals surface area (Å²) in [4.78, 5) is 14.0. The van der Waals surface area contributed by atoms with Crippen molar-refractivity contribution in [1.29, 1.82) is 0 Å². The number of likely N-dealkylation sites (N-methyl/N-ethyl adjacent to an activating group) is 1. The fraction of sp³-hybridized carbons (Fsp3) is 0.316. The van der Waals surface area contributed by atoms with E-state index in [0.717, 1.165) is 18.5 Å². The number of carbonyl (C=O) groups is 1. The van der Waals surface area contributed by atoms with Gasteiger partial charge in [-0.3, -0.25) is 4.79 Å². The molecule has 2 aromatic rings. The maximum absolute atomic E-state index is 12.2. The average molecular weight is 297 g/mol. The Morgan fingerprint density at radius 2 is 1.55 bits per heavy atom. The Bertz CT molecular complexity index is 554. The molecule has 3 heteroatoms. The second-order valence-corrected chi connectivity index (χ2v) is 5.19. The summed E-state index contributed by atoms with van der Waals surface area (Å²) in [7, 11) is 0. The van der Waals surface area contributed by atoms with E-state index in [1.54, 1.807) is 0 Å². The summed E-state index contributed by atoms with van der Waals surface area (Å²) in [6.07, 6.45) is 0.874. The van der Waals surface area contributed by atoms with Crippen molar-refractivity contribution < 1.29 is 9.53 Å². The molecule has 0 heterocycles. The van der Waals surface area contributed by atoms with Crippen LogP contribution in [-0.4, -0.2) is 30.5 Å². The van der Waals surface area contributed by atoms with E-state index in [1.165, 1.54) is 5.56 Å². The Labute approximate surface area is 132 Å². The molecule has 22 heavy (non-hydrogen) atoms. The highest BCUT2D eigenvalue weighted by molar-refractivity contribution is 5.77. The summed E-state index contributed by atoms with van der Waals surface area (Å²) >= 11 is 0. The largest absolute Gasteiger partial charge is 0.367 e. The van der Waals surface area contributed by atoms with Crippen molar-refractivity contribution in [1.82, 2.24) is 4.90 Å². The summed E-state index contributed by atoms with van der Waals surface area (Å²) in [5.74, 6) is 0.0503. The molecule has 0 N–H and O–H groups in total. The van der Waals surface area contributed by atoms with Gasteiger partial charge in [-0.15, -0.1) is 0 Å². The van der Waals surface area contributed by atoms with Gasteiger partial charge in [-0.25, -0.2) is 0 Å². The van der Waals surface area contributed by atoms with E-state index < -0.39 is 0 Å². The summed E-state index contributed by atoms with van der Waals surface area (Å²) < 4.78 is 5.53. The highest BCUT2D eigenvalue weighted by Crippen LogP contribution is 2.04. The number of benzene rings is 2. The van der Waals surface area contributed by atoms with E-state index >= 15 is 0 Å². The molecule has 0 bridgehead atoms. The van der Waals surface area contributed by atoms with Crippen LogP contribution >= 0.6 is 0 Å². The Morgan fingerprint density at radius 1 is 0.955 bits per heavy atom. The smallest absolute Gasteiger partial charge is 0.248 e. The Kier molecular flexibility index (Phi) is 6.65. The van der Waals surface area contributed by atoms with Gasteiger partial charge in [0.15, 0.2) is 0 Å². The predicted molar refractivity (Wildman–Crippen MR) is 88.5 cm³/mol. The predicted octanol–water partition coefficient (Wildman–Crippen LogP) is 3.29. The minimum absolute atomic E-state index is 0.0503. The molecular weight excluding hydrogens is 274 g/mol. The first-order valence-electron chi connectivity index (χ1n) is 7.73. The molecule has 0 fully saturated rings. The number of amides is 1. The quantitative estimate of drug-likeness (QED) is 0.748. The molecule has 0 saturated heterocycles. The summed E-state index contributed by atoms with van der Waals surface area (Å²) in [5, 5.41) is 0.